The number of hydrogen-bond acceptors (Lipinski definition) is 2. The van der Waals surface area contributed by atoms with Gasteiger partial charge in [0.1, 0.15) is 5.60 Å². The lowest BCUT2D eigenvalue weighted by Crippen LogP contribution is -2.30. The summed E-state index contributed by atoms with van der Waals surface area (Å²) in [6.07, 6.45) is 6.16. The van der Waals surface area contributed by atoms with Gasteiger partial charge in [0.05, 0.1) is 0 Å². The smallest absolute Gasteiger partial charge is 0.140 e. The van der Waals surface area contributed by atoms with E-state index in [0.29, 0.717) is 0 Å². The quantitative estimate of drug-likeness (QED) is 0.865. The summed E-state index contributed by atoms with van der Waals surface area (Å²) in [7, 11) is 4.17. The molecule has 0 fully saturated rings. The molecular formula is C22H25NO. The first-order chi connectivity index (χ1) is 11.6. The summed E-state index contributed by atoms with van der Waals surface area (Å²) < 4.78 is 0. The topological polar surface area (TPSA) is 23.5 Å². The van der Waals surface area contributed by atoms with Gasteiger partial charge in [-0.15, -0.1) is 0 Å². The Bertz CT molecular complexity index is 690. The van der Waals surface area contributed by atoms with Crippen molar-refractivity contribution in [2.24, 2.45) is 0 Å². The molecule has 2 aromatic rings. The maximum atomic E-state index is 11.9. The van der Waals surface area contributed by atoms with Gasteiger partial charge in [-0.1, -0.05) is 78.4 Å². The zero-order valence-electron chi connectivity index (χ0n) is 14.4. The van der Waals surface area contributed by atoms with Crippen molar-refractivity contribution in [3.05, 3.63) is 95.1 Å². The van der Waals surface area contributed by atoms with Crippen LogP contribution >= 0.6 is 0 Å². The minimum absolute atomic E-state index is 0.917. The van der Waals surface area contributed by atoms with E-state index in [0.717, 1.165) is 36.1 Å². The van der Waals surface area contributed by atoms with Crippen molar-refractivity contribution in [2.75, 3.05) is 20.6 Å². The molecule has 0 aromatic heterocycles. The summed E-state index contributed by atoms with van der Waals surface area (Å²) in [6.45, 7) is 0.986. The summed E-state index contributed by atoms with van der Waals surface area (Å²) in [5.74, 6) is 0. The molecule has 0 heterocycles. The largest absolute Gasteiger partial charge is 0.376 e. The minimum Gasteiger partial charge on any atom is -0.376 e. The van der Waals surface area contributed by atoms with Gasteiger partial charge in [-0.2, -0.15) is 0 Å². The second-order valence-corrected chi connectivity index (χ2v) is 6.62. The van der Waals surface area contributed by atoms with Crippen LogP contribution in [0.1, 0.15) is 24.0 Å². The third kappa shape index (κ3) is 3.21. The third-order valence-corrected chi connectivity index (χ3v) is 4.66. The zero-order chi connectivity index (χ0) is 17.0. The molecule has 1 N–H and O–H groups in total. The van der Waals surface area contributed by atoms with Crippen LogP contribution in [-0.4, -0.2) is 30.6 Å². The van der Waals surface area contributed by atoms with Crippen LogP contribution in [0.5, 0.6) is 0 Å². The Morgan fingerprint density at radius 1 is 0.917 bits per heavy atom. The summed E-state index contributed by atoms with van der Waals surface area (Å²) in [5, 5.41) is 11.9. The second kappa shape index (κ2) is 7.16. The molecule has 0 saturated heterocycles. The van der Waals surface area contributed by atoms with Gasteiger partial charge >= 0.3 is 0 Å². The van der Waals surface area contributed by atoms with Gasteiger partial charge in [0.25, 0.3) is 0 Å². The first kappa shape index (κ1) is 16.7. The van der Waals surface area contributed by atoms with Crippen molar-refractivity contribution < 1.29 is 5.11 Å². The monoisotopic (exact) mass is 319 g/mol. The maximum Gasteiger partial charge on any atom is 0.140 e. The number of nitrogens with zero attached hydrogens (tertiary/aromatic N) is 1. The maximum absolute atomic E-state index is 11.9. The van der Waals surface area contributed by atoms with E-state index in [-0.39, 0.29) is 0 Å². The van der Waals surface area contributed by atoms with E-state index in [9.17, 15) is 5.11 Å². The molecule has 2 aromatic carbocycles. The highest BCUT2D eigenvalue weighted by Crippen LogP contribution is 2.42. The molecule has 0 aliphatic heterocycles. The molecule has 0 bridgehead atoms. The number of benzene rings is 2. The molecule has 24 heavy (non-hydrogen) atoms. The van der Waals surface area contributed by atoms with Crippen LogP contribution in [-0.2, 0) is 5.60 Å². The molecule has 2 heteroatoms. The number of aliphatic hydroxyl groups is 1. The van der Waals surface area contributed by atoms with Crippen molar-refractivity contribution in [1.29, 1.82) is 0 Å². The van der Waals surface area contributed by atoms with Crippen molar-refractivity contribution in [1.82, 2.24) is 4.90 Å². The molecule has 0 unspecified atom stereocenters. The molecule has 0 atom stereocenters. The van der Waals surface area contributed by atoms with E-state index < -0.39 is 5.60 Å². The molecule has 0 radical (unpaired) electrons. The van der Waals surface area contributed by atoms with Crippen LogP contribution in [0.25, 0.3) is 0 Å². The Labute approximate surface area is 144 Å². The Kier molecular flexibility index (Phi) is 4.98. The number of hydrogen-bond donors (Lipinski definition) is 1. The Morgan fingerprint density at radius 3 is 1.96 bits per heavy atom. The van der Waals surface area contributed by atoms with Gasteiger partial charge in [0, 0.05) is 6.54 Å². The molecule has 1 aliphatic carbocycles. The van der Waals surface area contributed by atoms with Crippen LogP contribution < -0.4 is 0 Å². The fourth-order valence-corrected chi connectivity index (χ4v) is 3.35. The molecule has 1 aliphatic rings. The first-order valence-corrected chi connectivity index (χ1v) is 8.49. The fraction of sp³-hybridized carbons (Fsp3) is 0.273. The Balaban J connectivity index is 2.12. The highest BCUT2D eigenvalue weighted by molar-refractivity contribution is 5.53. The molecule has 0 saturated carbocycles. The third-order valence-electron chi connectivity index (χ3n) is 4.66. The lowest BCUT2D eigenvalue weighted by atomic mass is 9.78. The zero-order valence-corrected chi connectivity index (χ0v) is 14.4. The van der Waals surface area contributed by atoms with Crippen LogP contribution in [0.15, 0.2) is 84.0 Å². The minimum atomic E-state index is -1.10. The highest BCUT2D eigenvalue weighted by atomic mass is 16.3. The molecule has 0 amide bonds. The Morgan fingerprint density at radius 2 is 1.46 bits per heavy atom. The lowest BCUT2D eigenvalue weighted by molar-refractivity contribution is 0.124. The van der Waals surface area contributed by atoms with E-state index in [1.165, 1.54) is 5.57 Å². The average molecular weight is 319 g/mol. The van der Waals surface area contributed by atoms with Crippen LogP contribution in [0, 0.1) is 0 Å². The predicted molar refractivity (Wildman–Crippen MR) is 99.8 cm³/mol. The van der Waals surface area contributed by atoms with E-state index in [2.05, 4.69) is 31.1 Å². The summed E-state index contributed by atoms with van der Waals surface area (Å²) in [4.78, 5) is 2.19. The van der Waals surface area contributed by atoms with Gasteiger partial charge < -0.3 is 10.0 Å². The van der Waals surface area contributed by atoms with E-state index >= 15 is 0 Å². The lowest BCUT2D eigenvalue weighted by Gasteiger charge is -2.32. The molecule has 124 valence electrons. The van der Waals surface area contributed by atoms with Gasteiger partial charge in [-0.25, -0.2) is 0 Å². The molecule has 0 spiro atoms. The Hall–Kier alpha value is -2.16. The van der Waals surface area contributed by atoms with Crippen LogP contribution in [0.2, 0.25) is 0 Å². The van der Waals surface area contributed by atoms with Gasteiger partial charge in [-0.05, 0) is 43.6 Å². The van der Waals surface area contributed by atoms with Crippen molar-refractivity contribution in [3.8, 4) is 0 Å². The summed E-state index contributed by atoms with van der Waals surface area (Å²) in [5.41, 5.74) is 3.08. The van der Waals surface area contributed by atoms with Gasteiger partial charge in [0.2, 0.25) is 0 Å². The second-order valence-electron chi connectivity index (χ2n) is 6.62. The molecule has 3 rings (SSSR count). The highest BCUT2D eigenvalue weighted by Gasteiger charge is 2.37. The predicted octanol–water partition coefficient (Wildman–Crippen LogP) is 4.13. The van der Waals surface area contributed by atoms with Crippen molar-refractivity contribution >= 4 is 0 Å². The summed E-state index contributed by atoms with van der Waals surface area (Å²) >= 11 is 0. The van der Waals surface area contributed by atoms with E-state index in [1.54, 1.807) is 0 Å². The number of rotatable bonds is 6. The van der Waals surface area contributed by atoms with E-state index in [1.807, 2.05) is 60.7 Å². The van der Waals surface area contributed by atoms with E-state index in [4.69, 9.17) is 0 Å². The average Bonchev–Trinajstić information content (AvgIpc) is 3.10. The standard InChI is InChI=1S/C22H25NO/c1-23(2)17-16-18-10-9-15-21(18)22(24,19-11-5-3-6-12-19)20-13-7-4-8-14-20/h3-9,11-15,24H,10,16-17H2,1-2H3. The fourth-order valence-electron chi connectivity index (χ4n) is 3.35. The first-order valence-electron chi connectivity index (χ1n) is 8.49. The normalized spacial score (nSPS) is 14.7. The molecular weight excluding hydrogens is 294 g/mol. The molecule has 2 nitrogen and oxygen atoms in total. The van der Waals surface area contributed by atoms with Crippen molar-refractivity contribution in [3.63, 3.8) is 0 Å². The van der Waals surface area contributed by atoms with Gasteiger partial charge in [-0.3, -0.25) is 0 Å². The van der Waals surface area contributed by atoms with Crippen molar-refractivity contribution in [2.45, 2.75) is 18.4 Å². The van der Waals surface area contributed by atoms with Gasteiger partial charge in [0.15, 0.2) is 0 Å². The summed E-state index contributed by atoms with van der Waals surface area (Å²) in [6, 6.07) is 20.0. The number of allylic oxidation sites excluding steroid dienone is 1. The SMILES string of the molecule is CN(C)CCC1=C(C(O)(c2ccccc2)c2ccccc2)C=CC1. The van der Waals surface area contributed by atoms with Crippen LogP contribution in [0.3, 0.4) is 0 Å². The van der Waals surface area contributed by atoms with Crippen LogP contribution in [0.4, 0.5) is 0 Å².